The molecule has 30 heavy (non-hydrogen) atoms. The van der Waals surface area contributed by atoms with E-state index >= 15 is 0 Å². The molecular formula is C22H29IN6O. The minimum absolute atomic E-state index is 0. The van der Waals surface area contributed by atoms with Crippen LogP contribution in [0.3, 0.4) is 0 Å². The Kier molecular flexibility index (Phi) is 7.89. The molecule has 2 aromatic rings. The van der Waals surface area contributed by atoms with Gasteiger partial charge < -0.3 is 20.4 Å². The van der Waals surface area contributed by atoms with Crippen molar-refractivity contribution in [1.82, 2.24) is 15.6 Å². The fourth-order valence-corrected chi connectivity index (χ4v) is 3.89. The van der Waals surface area contributed by atoms with Gasteiger partial charge in [-0.3, -0.25) is 9.79 Å². The van der Waals surface area contributed by atoms with Crippen LogP contribution in [-0.2, 0) is 11.3 Å². The third kappa shape index (κ3) is 5.41. The van der Waals surface area contributed by atoms with Crippen LogP contribution in [-0.4, -0.2) is 49.6 Å². The molecule has 3 heterocycles. The molecule has 1 unspecified atom stereocenters. The number of aliphatic imine (C=N–C) groups is 1. The first kappa shape index (κ1) is 22.3. The highest BCUT2D eigenvalue weighted by molar-refractivity contribution is 14.0. The lowest BCUT2D eigenvalue weighted by Gasteiger charge is -2.19. The zero-order valence-electron chi connectivity index (χ0n) is 17.3. The van der Waals surface area contributed by atoms with E-state index in [9.17, 15) is 4.79 Å². The molecule has 1 aromatic carbocycles. The predicted molar refractivity (Wildman–Crippen MR) is 132 cm³/mol. The third-order valence-electron chi connectivity index (χ3n) is 5.46. The number of pyridine rings is 1. The summed E-state index contributed by atoms with van der Waals surface area (Å²) in [7, 11) is 1.75. The third-order valence-corrected chi connectivity index (χ3v) is 5.46. The van der Waals surface area contributed by atoms with Crippen LogP contribution in [0.25, 0.3) is 0 Å². The first-order valence-electron chi connectivity index (χ1n) is 10.3. The molecule has 1 amide bonds. The predicted octanol–water partition coefficient (Wildman–Crippen LogP) is 2.77. The first-order valence-corrected chi connectivity index (χ1v) is 10.3. The summed E-state index contributed by atoms with van der Waals surface area (Å²) < 4.78 is 0. The average Bonchev–Trinajstić information content (AvgIpc) is 3.42. The molecule has 2 fully saturated rings. The van der Waals surface area contributed by atoms with Gasteiger partial charge in [0, 0.05) is 51.5 Å². The standard InChI is InChI=1S/C22H28N6O.HI/c1-23-22(25-15-17-9-10-20(24-14-17)27-11-5-6-12-27)26-18-13-21(29)28(16-18)19-7-3-2-4-8-19;/h2-4,7-10,14,18H,5-6,11-13,15-16H2,1H3,(H2,23,25,26);1H. The van der Waals surface area contributed by atoms with Gasteiger partial charge in [0.2, 0.25) is 5.91 Å². The lowest BCUT2D eigenvalue weighted by molar-refractivity contribution is -0.117. The summed E-state index contributed by atoms with van der Waals surface area (Å²) in [5.74, 6) is 1.88. The Hall–Kier alpha value is -2.36. The van der Waals surface area contributed by atoms with E-state index < -0.39 is 0 Å². The number of carbonyl (C=O) groups excluding carboxylic acids is 1. The lowest BCUT2D eigenvalue weighted by Crippen LogP contribution is -2.44. The van der Waals surface area contributed by atoms with Gasteiger partial charge in [-0.15, -0.1) is 24.0 Å². The van der Waals surface area contributed by atoms with Crippen LogP contribution < -0.4 is 20.4 Å². The minimum atomic E-state index is 0. The van der Waals surface area contributed by atoms with Crippen LogP contribution in [0, 0.1) is 0 Å². The van der Waals surface area contributed by atoms with Gasteiger partial charge in [0.25, 0.3) is 0 Å². The van der Waals surface area contributed by atoms with Crippen molar-refractivity contribution in [2.45, 2.75) is 31.8 Å². The Labute approximate surface area is 195 Å². The monoisotopic (exact) mass is 520 g/mol. The Morgan fingerprint density at radius 2 is 1.93 bits per heavy atom. The molecule has 2 aliphatic rings. The Balaban J connectivity index is 0.00000256. The van der Waals surface area contributed by atoms with E-state index in [1.165, 1.54) is 12.8 Å². The quantitative estimate of drug-likeness (QED) is 0.361. The van der Waals surface area contributed by atoms with Gasteiger partial charge in [0.1, 0.15) is 5.82 Å². The molecule has 160 valence electrons. The molecule has 2 saturated heterocycles. The number of aromatic nitrogens is 1. The first-order chi connectivity index (χ1) is 14.2. The van der Waals surface area contributed by atoms with Crippen LogP contribution in [0.5, 0.6) is 0 Å². The van der Waals surface area contributed by atoms with Gasteiger partial charge >= 0.3 is 0 Å². The van der Waals surface area contributed by atoms with E-state index in [4.69, 9.17) is 0 Å². The fourth-order valence-electron chi connectivity index (χ4n) is 3.89. The van der Waals surface area contributed by atoms with Crippen molar-refractivity contribution in [2.24, 2.45) is 4.99 Å². The van der Waals surface area contributed by atoms with Crippen LogP contribution in [0.15, 0.2) is 53.7 Å². The molecule has 0 bridgehead atoms. The number of benzene rings is 1. The maximum absolute atomic E-state index is 12.4. The van der Waals surface area contributed by atoms with E-state index in [1.54, 1.807) is 7.05 Å². The van der Waals surface area contributed by atoms with Gasteiger partial charge in [0.05, 0.1) is 6.04 Å². The number of anilines is 2. The number of nitrogens with one attached hydrogen (secondary N) is 2. The SMILES string of the molecule is CN=C(NCc1ccc(N2CCCC2)nc1)NC1CC(=O)N(c2ccccc2)C1.I. The minimum Gasteiger partial charge on any atom is -0.357 e. The maximum Gasteiger partial charge on any atom is 0.229 e. The molecule has 0 aliphatic carbocycles. The lowest BCUT2D eigenvalue weighted by atomic mass is 10.2. The van der Waals surface area contributed by atoms with Crippen molar-refractivity contribution in [2.75, 3.05) is 36.5 Å². The van der Waals surface area contributed by atoms with Crippen LogP contribution in [0.1, 0.15) is 24.8 Å². The average molecular weight is 520 g/mol. The van der Waals surface area contributed by atoms with Crippen LogP contribution in [0.2, 0.25) is 0 Å². The molecule has 1 atom stereocenters. The van der Waals surface area contributed by atoms with E-state index in [2.05, 4.69) is 37.6 Å². The number of hydrogen-bond acceptors (Lipinski definition) is 4. The van der Waals surface area contributed by atoms with Crippen molar-refractivity contribution >= 4 is 47.3 Å². The fraction of sp³-hybridized carbons (Fsp3) is 0.409. The molecule has 2 N–H and O–H groups in total. The molecule has 0 radical (unpaired) electrons. The second-order valence-corrected chi connectivity index (χ2v) is 7.53. The van der Waals surface area contributed by atoms with Crippen LogP contribution in [0.4, 0.5) is 11.5 Å². The molecule has 0 saturated carbocycles. The normalized spacial score (nSPS) is 19.0. The molecule has 7 nitrogen and oxygen atoms in total. The number of nitrogens with zero attached hydrogens (tertiary/aromatic N) is 4. The highest BCUT2D eigenvalue weighted by atomic mass is 127. The second kappa shape index (κ2) is 10.6. The summed E-state index contributed by atoms with van der Waals surface area (Å²) in [5, 5.41) is 6.70. The van der Waals surface area contributed by atoms with Gasteiger partial charge in [0.15, 0.2) is 5.96 Å². The number of rotatable bonds is 5. The van der Waals surface area contributed by atoms with Crippen LogP contribution >= 0.6 is 24.0 Å². The van der Waals surface area contributed by atoms with Crippen molar-refractivity contribution in [3.8, 4) is 0 Å². The van der Waals surface area contributed by atoms with Gasteiger partial charge in [-0.25, -0.2) is 4.98 Å². The smallest absolute Gasteiger partial charge is 0.229 e. The van der Waals surface area contributed by atoms with E-state index in [-0.39, 0.29) is 35.9 Å². The molecule has 4 rings (SSSR count). The van der Waals surface area contributed by atoms with Crippen molar-refractivity contribution in [3.63, 3.8) is 0 Å². The van der Waals surface area contributed by atoms with Gasteiger partial charge in [-0.1, -0.05) is 24.3 Å². The van der Waals surface area contributed by atoms with Crippen molar-refractivity contribution < 1.29 is 4.79 Å². The largest absolute Gasteiger partial charge is 0.357 e. The summed E-state index contributed by atoms with van der Waals surface area (Å²) in [6, 6.07) is 14.0. The Morgan fingerprint density at radius 1 is 1.17 bits per heavy atom. The zero-order chi connectivity index (χ0) is 20.1. The highest BCUT2D eigenvalue weighted by Crippen LogP contribution is 2.21. The van der Waals surface area contributed by atoms with Crippen molar-refractivity contribution in [1.29, 1.82) is 0 Å². The Morgan fingerprint density at radius 3 is 2.60 bits per heavy atom. The molecular weight excluding hydrogens is 491 g/mol. The highest BCUT2D eigenvalue weighted by Gasteiger charge is 2.31. The van der Waals surface area contributed by atoms with Gasteiger partial charge in [-0.2, -0.15) is 0 Å². The molecule has 8 heteroatoms. The summed E-state index contributed by atoms with van der Waals surface area (Å²) in [5.41, 5.74) is 2.04. The number of hydrogen-bond donors (Lipinski definition) is 2. The molecule has 1 aromatic heterocycles. The van der Waals surface area contributed by atoms with E-state index in [0.29, 0.717) is 25.5 Å². The van der Waals surface area contributed by atoms with Crippen molar-refractivity contribution in [3.05, 3.63) is 54.2 Å². The van der Waals surface area contributed by atoms with Gasteiger partial charge in [-0.05, 0) is 36.6 Å². The summed E-state index contributed by atoms with van der Waals surface area (Å²) in [6.45, 7) is 3.47. The summed E-state index contributed by atoms with van der Waals surface area (Å²) in [4.78, 5) is 25.4. The second-order valence-electron chi connectivity index (χ2n) is 7.53. The number of para-hydroxylation sites is 1. The maximum atomic E-state index is 12.4. The summed E-state index contributed by atoms with van der Waals surface area (Å²) >= 11 is 0. The Bertz CT molecular complexity index is 852. The van der Waals surface area contributed by atoms with E-state index in [1.807, 2.05) is 41.4 Å². The van der Waals surface area contributed by atoms with E-state index in [0.717, 1.165) is 30.2 Å². The number of guanidine groups is 1. The number of amides is 1. The number of carbonyl (C=O) groups is 1. The molecule has 0 spiro atoms. The zero-order valence-corrected chi connectivity index (χ0v) is 19.6. The topological polar surface area (TPSA) is 72.9 Å². The molecule has 2 aliphatic heterocycles. The summed E-state index contributed by atoms with van der Waals surface area (Å²) in [6.07, 6.45) is 4.88. The number of halogens is 1.